The molecule has 0 radical (unpaired) electrons. The molecule has 0 aliphatic rings. The van der Waals surface area contributed by atoms with Crippen LogP contribution in [0.3, 0.4) is 0 Å². The normalized spacial score (nSPS) is 10.8. The molecule has 0 aliphatic heterocycles. The maximum Gasteiger partial charge on any atom is 0.124 e. The smallest absolute Gasteiger partial charge is 0.124 e. The van der Waals surface area contributed by atoms with Gasteiger partial charge in [-0.1, -0.05) is 31.2 Å². The Balaban J connectivity index is 1.98. The Morgan fingerprint density at radius 3 is 2.19 bits per heavy atom. The molecule has 0 unspecified atom stereocenters. The summed E-state index contributed by atoms with van der Waals surface area (Å²) in [5, 5.41) is 10.4. The van der Waals surface area contributed by atoms with E-state index in [0.717, 1.165) is 28.2 Å². The molecule has 3 rings (SSSR count). The lowest BCUT2D eigenvalue weighted by Gasteiger charge is -2.01. The topological polar surface area (TPSA) is 33.1 Å². The minimum absolute atomic E-state index is 0.280. The first-order valence-corrected chi connectivity index (χ1v) is 7.85. The van der Waals surface area contributed by atoms with E-state index in [2.05, 4.69) is 38.1 Å². The molecular formula is C18H17NOS. The van der Waals surface area contributed by atoms with Gasteiger partial charge in [-0.15, -0.1) is 11.3 Å². The number of aromatic nitrogens is 1. The van der Waals surface area contributed by atoms with Crippen molar-refractivity contribution in [1.82, 2.24) is 4.98 Å². The number of hydrogen-bond acceptors (Lipinski definition) is 3. The van der Waals surface area contributed by atoms with Crippen molar-refractivity contribution in [2.24, 2.45) is 0 Å². The first kappa shape index (κ1) is 13.8. The molecule has 0 saturated heterocycles. The molecule has 2 nitrogen and oxygen atoms in total. The van der Waals surface area contributed by atoms with Crippen LogP contribution in [0.5, 0.6) is 5.75 Å². The molecular weight excluding hydrogens is 278 g/mol. The molecule has 3 heteroatoms. The van der Waals surface area contributed by atoms with Gasteiger partial charge in [0.15, 0.2) is 0 Å². The van der Waals surface area contributed by atoms with E-state index in [1.165, 1.54) is 10.4 Å². The Hall–Kier alpha value is -2.13. The quantitative estimate of drug-likeness (QED) is 0.733. The fraction of sp³-hybridized carbons (Fsp3) is 0.167. The number of thiazole rings is 1. The number of hydrogen-bond donors (Lipinski definition) is 1. The third-order valence-electron chi connectivity index (χ3n) is 3.55. The Morgan fingerprint density at radius 1 is 0.952 bits per heavy atom. The van der Waals surface area contributed by atoms with Crippen LogP contribution in [0.2, 0.25) is 0 Å². The van der Waals surface area contributed by atoms with Crippen molar-refractivity contribution >= 4 is 11.3 Å². The van der Waals surface area contributed by atoms with E-state index >= 15 is 0 Å². The van der Waals surface area contributed by atoms with Crippen molar-refractivity contribution in [2.45, 2.75) is 20.3 Å². The standard InChI is InChI=1S/C18H17NOS/c1-3-13-4-6-14(7-5-13)17-12(2)21-18(19-17)15-8-10-16(20)11-9-15/h4-11,20H,3H2,1-2H3. The van der Waals surface area contributed by atoms with E-state index in [1.807, 2.05) is 12.1 Å². The van der Waals surface area contributed by atoms with Crippen LogP contribution in [0, 0.1) is 6.92 Å². The summed E-state index contributed by atoms with van der Waals surface area (Å²) in [5.74, 6) is 0.280. The predicted octanol–water partition coefficient (Wildman–Crippen LogP) is 5.05. The van der Waals surface area contributed by atoms with Gasteiger partial charge >= 0.3 is 0 Å². The lowest BCUT2D eigenvalue weighted by molar-refractivity contribution is 0.475. The van der Waals surface area contributed by atoms with Crippen LogP contribution in [0.25, 0.3) is 21.8 Å². The van der Waals surface area contributed by atoms with Crippen molar-refractivity contribution in [3.8, 4) is 27.6 Å². The highest BCUT2D eigenvalue weighted by atomic mass is 32.1. The lowest BCUT2D eigenvalue weighted by Crippen LogP contribution is -1.84. The molecule has 0 fully saturated rings. The first-order valence-electron chi connectivity index (χ1n) is 7.03. The van der Waals surface area contributed by atoms with Crippen LogP contribution in [0.1, 0.15) is 17.4 Å². The van der Waals surface area contributed by atoms with Gasteiger partial charge in [0.05, 0.1) is 5.69 Å². The maximum atomic E-state index is 9.37. The van der Waals surface area contributed by atoms with Gasteiger partial charge in [0.1, 0.15) is 10.8 Å². The lowest BCUT2D eigenvalue weighted by atomic mass is 10.1. The number of aromatic hydroxyl groups is 1. The van der Waals surface area contributed by atoms with E-state index in [0.29, 0.717) is 0 Å². The second-order valence-electron chi connectivity index (χ2n) is 5.02. The zero-order valence-corrected chi connectivity index (χ0v) is 12.9. The summed E-state index contributed by atoms with van der Waals surface area (Å²) in [5.41, 5.74) is 4.58. The van der Waals surface area contributed by atoms with Crippen molar-refractivity contribution in [3.63, 3.8) is 0 Å². The number of phenolic OH excluding ortho intramolecular Hbond substituents is 1. The number of benzene rings is 2. The Bertz CT molecular complexity index is 742. The van der Waals surface area contributed by atoms with Crippen LogP contribution in [-0.2, 0) is 6.42 Å². The van der Waals surface area contributed by atoms with Crippen LogP contribution < -0.4 is 0 Å². The van der Waals surface area contributed by atoms with E-state index < -0.39 is 0 Å². The first-order chi connectivity index (χ1) is 10.2. The summed E-state index contributed by atoms with van der Waals surface area (Å²) in [6.45, 7) is 4.26. The highest BCUT2D eigenvalue weighted by Crippen LogP contribution is 2.33. The fourth-order valence-electron chi connectivity index (χ4n) is 2.29. The van der Waals surface area contributed by atoms with Crippen molar-refractivity contribution in [3.05, 3.63) is 59.0 Å². The molecule has 0 atom stereocenters. The zero-order chi connectivity index (χ0) is 14.8. The Morgan fingerprint density at radius 2 is 1.57 bits per heavy atom. The Kier molecular flexibility index (Phi) is 3.76. The average Bonchev–Trinajstić information content (AvgIpc) is 2.90. The number of rotatable bonds is 3. The third-order valence-corrected chi connectivity index (χ3v) is 4.57. The third kappa shape index (κ3) is 2.83. The number of nitrogens with zero attached hydrogens (tertiary/aromatic N) is 1. The molecule has 21 heavy (non-hydrogen) atoms. The average molecular weight is 295 g/mol. The molecule has 1 N–H and O–H groups in total. The van der Waals surface area contributed by atoms with Gasteiger partial charge in [0, 0.05) is 16.0 Å². The molecule has 2 aromatic carbocycles. The van der Waals surface area contributed by atoms with Crippen molar-refractivity contribution in [2.75, 3.05) is 0 Å². The zero-order valence-electron chi connectivity index (χ0n) is 12.1. The van der Waals surface area contributed by atoms with Crippen LogP contribution in [0.4, 0.5) is 0 Å². The van der Waals surface area contributed by atoms with Gasteiger partial charge in [-0.2, -0.15) is 0 Å². The molecule has 1 heterocycles. The number of phenols is 1. The SMILES string of the molecule is CCc1ccc(-c2nc(-c3ccc(O)cc3)sc2C)cc1. The molecule has 0 spiro atoms. The monoisotopic (exact) mass is 295 g/mol. The van der Waals surface area contributed by atoms with E-state index in [4.69, 9.17) is 4.98 Å². The minimum Gasteiger partial charge on any atom is -0.508 e. The van der Waals surface area contributed by atoms with Crippen molar-refractivity contribution in [1.29, 1.82) is 0 Å². The van der Waals surface area contributed by atoms with Gasteiger partial charge in [0.25, 0.3) is 0 Å². The van der Waals surface area contributed by atoms with E-state index in [1.54, 1.807) is 23.5 Å². The van der Waals surface area contributed by atoms with Crippen molar-refractivity contribution < 1.29 is 5.11 Å². The minimum atomic E-state index is 0.280. The molecule has 3 aromatic rings. The molecule has 1 aromatic heterocycles. The predicted molar refractivity (Wildman–Crippen MR) is 88.8 cm³/mol. The van der Waals surface area contributed by atoms with Crippen LogP contribution in [-0.4, -0.2) is 10.1 Å². The molecule has 106 valence electrons. The van der Waals surface area contributed by atoms with E-state index in [-0.39, 0.29) is 5.75 Å². The molecule has 0 amide bonds. The summed E-state index contributed by atoms with van der Waals surface area (Å²) in [6.07, 6.45) is 1.05. The maximum absolute atomic E-state index is 9.37. The largest absolute Gasteiger partial charge is 0.508 e. The van der Waals surface area contributed by atoms with E-state index in [9.17, 15) is 5.11 Å². The summed E-state index contributed by atoms with van der Waals surface area (Å²) in [7, 11) is 0. The molecule has 0 saturated carbocycles. The Labute approximate surface area is 128 Å². The second-order valence-corrected chi connectivity index (χ2v) is 6.22. The summed E-state index contributed by atoms with van der Waals surface area (Å²) in [6, 6.07) is 15.8. The summed E-state index contributed by atoms with van der Waals surface area (Å²) < 4.78 is 0. The van der Waals surface area contributed by atoms with Gasteiger partial charge < -0.3 is 5.11 Å². The highest BCUT2D eigenvalue weighted by Gasteiger charge is 2.11. The summed E-state index contributed by atoms with van der Waals surface area (Å²) in [4.78, 5) is 5.98. The second kappa shape index (κ2) is 5.70. The fourth-order valence-corrected chi connectivity index (χ4v) is 3.23. The van der Waals surface area contributed by atoms with Crippen LogP contribution >= 0.6 is 11.3 Å². The molecule has 0 bridgehead atoms. The van der Waals surface area contributed by atoms with Gasteiger partial charge in [-0.05, 0) is 43.2 Å². The van der Waals surface area contributed by atoms with Gasteiger partial charge in [0.2, 0.25) is 0 Å². The van der Waals surface area contributed by atoms with Crippen LogP contribution in [0.15, 0.2) is 48.5 Å². The summed E-state index contributed by atoms with van der Waals surface area (Å²) >= 11 is 1.69. The highest BCUT2D eigenvalue weighted by molar-refractivity contribution is 7.15. The number of aryl methyl sites for hydroxylation is 2. The van der Waals surface area contributed by atoms with Gasteiger partial charge in [-0.3, -0.25) is 0 Å². The van der Waals surface area contributed by atoms with Gasteiger partial charge in [-0.25, -0.2) is 4.98 Å². The molecule has 0 aliphatic carbocycles.